The SMILES string of the molecule is O=C(Cc1cccnc1)N1CCCCN2[C@H](CO)[C@@H](c3ccc(/C=C/c4ccccc4)cc3)[C@H]2C1. The van der Waals surface area contributed by atoms with Crippen LogP contribution in [-0.2, 0) is 11.2 Å². The van der Waals surface area contributed by atoms with Gasteiger partial charge in [-0.3, -0.25) is 14.7 Å². The minimum absolute atomic E-state index is 0.110. The molecular formula is C30H33N3O2. The maximum atomic E-state index is 13.2. The highest BCUT2D eigenvalue weighted by molar-refractivity contribution is 5.78. The van der Waals surface area contributed by atoms with E-state index in [4.69, 9.17) is 0 Å². The Bertz CT molecular complexity index is 1130. The van der Waals surface area contributed by atoms with Crippen molar-refractivity contribution in [2.75, 3.05) is 26.2 Å². The lowest BCUT2D eigenvalue weighted by atomic mass is 9.74. The van der Waals surface area contributed by atoms with Crippen LogP contribution in [0.2, 0.25) is 0 Å². The smallest absolute Gasteiger partial charge is 0.227 e. The highest BCUT2D eigenvalue weighted by Crippen LogP contribution is 2.42. The fraction of sp³-hybridized carbons (Fsp3) is 0.333. The van der Waals surface area contributed by atoms with E-state index in [1.807, 2.05) is 35.2 Å². The second-order valence-electron chi connectivity index (χ2n) is 9.58. The number of aliphatic hydroxyl groups is 1. The summed E-state index contributed by atoms with van der Waals surface area (Å²) in [7, 11) is 0. The van der Waals surface area contributed by atoms with Crippen molar-refractivity contribution >= 4 is 18.1 Å². The van der Waals surface area contributed by atoms with E-state index >= 15 is 0 Å². The molecule has 1 aromatic heterocycles. The third-order valence-corrected chi connectivity index (χ3v) is 7.39. The molecule has 2 saturated heterocycles. The summed E-state index contributed by atoms with van der Waals surface area (Å²) in [5.74, 6) is 0.381. The van der Waals surface area contributed by atoms with Gasteiger partial charge in [0.25, 0.3) is 0 Å². The number of aromatic nitrogens is 1. The topological polar surface area (TPSA) is 56.7 Å². The molecule has 3 aromatic rings. The van der Waals surface area contributed by atoms with Crippen LogP contribution in [0.25, 0.3) is 12.2 Å². The molecule has 1 N–H and O–H groups in total. The normalized spacial score (nSPS) is 22.8. The second kappa shape index (κ2) is 11.0. The number of hydrogen-bond acceptors (Lipinski definition) is 4. The molecular weight excluding hydrogens is 434 g/mol. The Morgan fingerprint density at radius 2 is 1.69 bits per heavy atom. The van der Waals surface area contributed by atoms with Crippen molar-refractivity contribution in [2.45, 2.75) is 37.3 Å². The van der Waals surface area contributed by atoms with Crippen LogP contribution < -0.4 is 0 Å². The van der Waals surface area contributed by atoms with E-state index in [9.17, 15) is 9.90 Å². The van der Waals surface area contributed by atoms with Crippen LogP contribution in [0.15, 0.2) is 79.1 Å². The molecule has 5 rings (SSSR count). The first-order valence-corrected chi connectivity index (χ1v) is 12.6. The number of carbonyl (C=O) groups excluding carboxylic acids is 1. The largest absolute Gasteiger partial charge is 0.395 e. The number of pyridine rings is 1. The van der Waals surface area contributed by atoms with Crippen molar-refractivity contribution in [3.05, 3.63) is 101 Å². The van der Waals surface area contributed by atoms with Gasteiger partial charge in [0.05, 0.1) is 13.0 Å². The minimum atomic E-state index is 0.110. The Kier molecular flexibility index (Phi) is 7.36. The van der Waals surface area contributed by atoms with Gasteiger partial charge in [0.2, 0.25) is 5.91 Å². The zero-order valence-corrected chi connectivity index (χ0v) is 20.0. The standard InChI is InChI=1S/C30H33N3O2/c34-22-28-30(26-14-12-24(13-15-26)11-10-23-7-2-1-3-8-23)27-21-32(17-4-5-18-33(27)28)29(35)19-25-9-6-16-31-20-25/h1-3,6-16,20,27-28,30,34H,4-5,17-19,21-22H2/b11-10+/t27-,28-,30+/m1/s1. The van der Waals surface area contributed by atoms with Crippen LogP contribution in [0.3, 0.4) is 0 Å². The fourth-order valence-corrected chi connectivity index (χ4v) is 5.54. The van der Waals surface area contributed by atoms with Crippen LogP contribution >= 0.6 is 0 Å². The summed E-state index contributed by atoms with van der Waals surface area (Å²) >= 11 is 0. The number of hydrogen-bond donors (Lipinski definition) is 1. The van der Waals surface area contributed by atoms with Crippen LogP contribution in [0.5, 0.6) is 0 Å². The Hall–Kier alpha value is -3.28. The zero-order valence-electron chi connectivity index (χ0n) is 20.0. The zero-order chi connectivity index (χ0) is 24.0. The lowest BCUT2D eigenvalue weighted by molar-refractivity contribution is -0.135. The van der Waals surface area contributed by atoms with Gasteiger partial charge in [-0.25, -0.2) is 0 Å². The maximum Gasteiger partial charge on any atom is 0.227 e. The monoisotopic (exact) mass is 467 g/mol. The summed E-state index contributed by atoms with van der Waals surface area (Å²) in [6, 6.07) is 23.2. The Morgan fingerprint density at radius 3 is 2.40 bits per heavy atom. The molecule has 3 atom stereocenters. The van der Waals surface area contributed by atoms with Gasteiger partial charge >= 0.3 is 0 Å². The molecule has 5 heteroatoms. The van der Waals surface area contributed by atoms with Crippen LogP contribution in [0, 0.1) is 0 Å². The third-order valence-electron chi connectivity index (χ3n) is 7.39. The fourth-order valence-electron chi connectivity index (χ4n) is 5.54. The second-order valence-corrected chi connectivity index (χ2v) is 9.58. The molecule has 5 nitrogen and oxygen atoms in total. The third kappa shape index (κ3) is 5.37. The van der Waals surface area contributed by atoms with Crippen molar-refractivity contribution in [2.24, 2.45) is 0 Å². The molecule has 0 saturated carbocycles. The first-order valence-electron chi connectivity index (χ1n) is 12.6. The lowest BCUT2D eigenvalue weighted by Crippen LogP contribution is -2.68. The molecule has 0 unspecified atom stereocenters. The predicted octanol–water partition coefficient (Wildman–Crippen LogP) is 4.25. The van der Waals surface area contributed by atoms with Crippen molar-refractivity contribution in [1.82, 2.24) is 14.8 Å². The average molecular weight is 468 g/mol. The number of amides is 1. The summed E-state index contributed by atoms with van der Waals surface area (Å²) in [6.07, 6.45) is 10.2. The summed E-state index contributed by atoms with van der Waals surface area (Å²) < 4.78 is 0. The van der Waals surface area contributed by atoms with E-state index in [2.05, 4.69) is 58.4 Å². The summed E-state index contributed by atoms with van der Waals surface area (Å²) in [6.45, 7) is 2.62. The van der Waals surface area contributed by atoms with Crippen molar-refractivity contribution < 1.29 is 9.90 Å². The van der Waals surface area contributed by atoms with Crippen LogP contribution in [0.1, 0.15) is 41.0 Å². The van der Waals surface area contributed by atoms with Crippen molar-refractivity contribution in [3.63, 3.8) is 0 Å². The highest BCUT2D eigenvalue weighted by atomic mass is 16.3. The number of aliphatic hydroxyl groups excluding tert-OH is 1. The van der Waals surface area contributed by atoms with E-state index in [0.29, 0.717) is 13.0 Å². The van der Waals surface area contributed by atoms with Gasteiger partial charge < -0.3 is 10.0 Å². The number of nitrogens with zero attached hydrogens (tertiary/aromatic N) is 3. The minimum Gasteiger partial charge on any atom is -0.395 e. The Labute approximate surface area is 207 Å². The molecule has 2 aliphatic heterocycles. The number of carbonyl (C=O) groups is 1. The average Bonchev–Trinajstić information content (AvgIpc) is 2.88. The first-order chi connectivity index (χ1) is 17.2. The van der Waals surface area contributed by atoms with Crippen molar-refractivity contribution in [1.29, 1.82) is 0 Å². The van der Waals surface area contributed by atoms with Crippen molar-refractivity contribution in [3.8, 4) is 0 Å². The van der Waals surface area contributed by atoms with E-state index in [1.54, 1.807) is 12.4 Å². The lowest BCUT2D eigenvalue weighted by Gasteiger charge is -2.57. The predicted molar refractivity (Wildman–Crippen MR) is 140 cm³/mol. The van der Waals surface area contributed by atoms with Gasteiger partial charge in [-0.2, -0.15) is 0 Å². The molecule has 2 aromatic carbocycles. The highest BCUT2D eigenvalue weighted by Gasteiger charge is 2.49. The van der Waals surface area contributed by atoms with Gasteiger partial charge in [-0.05, 0) is 47.7 Å². The van der Waals surface area contributed by atoms with Crippen LogP contribution in [-0.4, -0.2) is 64.1 Å². The van der Waals surface area contributed by atoms with Gasteiger partial charge in [0.1, 0.15) is 0 Å². The van der Waals surface area contributed by atoms with Gasteiger partial charge in [0.15, 0.2) is 0 Å². The van der Waals surface area contributed by atoms with E-state index < -0.39 is 0 Å². The Balaban J connectivity index is 1.31. The molecule has 2 fully saturated rings. The summed E-state index contributed by atoms with van der Waals surface area (Å²) in [5, 5.41) is 10.2. The summed E-state index contributed by atoms with van der Waals surface area (Å²) in [4.78, 5) is 21.8. The summed E-state index contributed by atoms with van der Waals surface area (Å²) in [5.41, 5.74) is 4.52. The number of rotatable bonds is 6. The van der Waals surface area contributed by atoms with E-state index in [0.717, 1.165) is 37.1 Å². The van der Waals surface area contributed by atoms with E-state index in [-0.39, 0.29) is 30.5 Å². The molecule has 0 radical (unpaired) electrons. The molecule has 3 heterocycles. The quantitative estimate of drug-likeness (QED) is 0.551. The van der Waals surface area contributed by atoms with E-state index in [1.165, 1.54) is 11.1 Å². The maximum absolute atomic E-state index is 13.2. The molecule has 35 heavy (non-hydrogen) atoms. The molecule has 0 bridgehead atoms. The van der Waals surface area contributed by atoms with Gasteiger partial charge in [-0.1, -0.05) is 72.8 Å². The van der Waals surface area contributed by atoms with Gasteiger partial charge in [0, 0.05) is 43.5 Å². The Morgan fingerprint density at radius 1 is 0.943 bits per heavy atom. The number of fused-ring (bicyclic) bond motifs is 1. The molecule has 1 amide bonds. The molecule has 0 spiro atoms. The molecule has 0 aliphatic carbocycles. The molecule has 180 valence electrons. The molecule has 2 aliphatic rings. The number of benzene rings is 2. The van der Waals surface area contributed by atoms with Gasteiger partial charge in [-0.15, -0.1) is 0 Å². The first kappa shape index (κ1) is 23.5. The van der Waals surface area contributed by atoms with Crippen LogP contribution in [0.4, 0.5) is 0 Å².